The number of phenolic OH excluding ortho intramolecular Hbond substituents is 2. The van der Waals surface area contributed by atoms with Gasteiger partial charge in [0, 0.05) is 32.6 Å². The number of thiophene rings is 1. The topological polar surface area (TPSA) is 70.0 Å². The first-order valence-electron chi connectivity index (χ1n) is 12.5. The average molecular weight is 502 g/mol. The second kappa shape index (κ2) is 10.3. The Hall–Kier alpha value is -3.35. The van der Waals surface area contributed by atoms with Crippen LogP contribution in [0.25, 0.3) is 20.5 Å². The van der Waals surface area contributed by atoms with Crippen molar-refractivity contribution in [1.82, 2.24) is 4.90 Å². The number of likely N-dealkylation sites (tertiary alicyclic amines) is 1. The van der Waals surface area contributed by atoms with E-state index >= 15 is 0 Å². The number of fused-ring (bicyclic) bond motifs is 1. The standard InChI is InChI=1S/C30H31NO4S/c1-19-16-22(17-20(2)29(19)35-15-14-31-12-4-3-5-13-31)28(34)27-25-11-10-24(33)18-26(25)36-30(27)21-6-8-23(32)9-7-21/h6-11,16-18,32-33H,3-5,12-15H2,1-2H3. The summed E-state index contributed by atoms with van der Waals surface area (Å²) in [5, 5.41) is 20.6. The van der Waals surface area contributed by atoms with Crippen molar-refractivity contribution >= 4 is 27.2 Å². The highest BCUT2D eigenvalue weighted by molar-refractivity contribution is 7.22. The van der Waals surface area contributed by atoms with Crippen LogP contribution in [0.15, 0.2) is 54.6 Å². The highest BCUT2D eigenvalue weighted by Crippen LogP contribution is 2.42. The molecule has 6 heteroatoms. The molecule has 0 unspecified atom stereocenters. The molecule has 0 spiro atoms. The van der Waals surface area contributed by atoms with E-state index in [1.807, 2.05) is 38.1 Å². The van der Waals surface area contributed by atoms with E-state index in [0.717, 1.165) is 57.0 Å². The van der Waals surface area contributed by atoms with Gasteiger partial charge < -0.3 is 14.9 Å². The number of nitrogens with zero attached hydrogens (tertiary/aromatic N) is 1. The number of hydrogen-bond donors (Lipinski definition) is 2. The Bertz CT molecular complexity index is 1380. The summed E-state index contributed by atoms with van der Waals surface area (Å²) in [5.41, 5.74) is 3.96. The van der Waals surface area contributed by atoms with Crippen molar-refractivity contribution in [2.45, 2.75) is 33.1 Å². The SMILES string of the molecule is Cc1cc(C(=O)c2c(-c3ccc(O)cc3)sc3cc(O)ccc23)cc(C)c1OCCN1CCCCC1. The van der Waals surface area contributed by atoms with E-state index in [1.54, 1.807) is 30.3 Å². The van der Waals surface area contributed by atoms with Gasteiger partial charge in [0.15, 0.2) is 5.78 Å². The van der Waals surface area contributed by atoms with E-state index in [1.165, 1.54) is 30.6 Å². The molecule has 0 bridgehead atoms. The highest BCUT2D eigenvalue weighted by Gasteiger charge is 2.23. The van der Waals surface area contributed by atoms with Crippen LogP contribution in [-0.2, 0) is 0 Å². The second-order valence-corrected chi connectivity index (χ2v) is 10.6. The minimum absolute atomic E-state index is 0.0684. The minimum Gasteiger partial charge on any atom is -0.508 e. The van der Waals surface area contributed by atoms with E-state index in [4.69, 9.17) is 4.74 Å². The van der Waals surface area contributed by atoms with E-state index in [9.17, 15) is 15.0 Å². The molecule has 4 aromatic rings. The van der Waals surface area contributed by atoms with E-state index in [2.05, 4.69) is 4.90 Å². The van der Waals surface area contributed by atoms with Crippen LogP contribution in [0.5, 0.6) is 17.2 Å². The van der Waals surface area contributed by atoms with Gasteiger partial charge in [-0.2, -0.15) is 0 Å². The maximum Gasteiger partial charge on any atom is 0.195 e. The first-order valence-corrected chi connectivity index (χ1v) is 13.3. The molecule has 0 saturated carbocycles. The molecule has 0 radical (unpaired) electrons. The van der Waals surface area contributed by atoms with Crippen LogP contribution in [0, 0.1) is 13.8 Å². The highest BCUT2D eigenvalue weighted by atomic mass is 32.1. The van der Waals surface area contributed by atoms with Gasteiger partial charge in [0.2, 0.25) is 0 Å². The summed E-state index contributed by atoms with van der Waals surface area (Å²) in [4.78, 5) is 17.2. The van der Waals surface area contributed by atoms with Crippen molar-refractivity contribution in [3.8, 4) is 27.7 Å². The first kappa shape index (κ1) is 24.3. The summed E-state index contributed by atoms with van der Waals surface area (Å²) < 4.78 is 7.02. The fourth-order valence-electron chi connectivity index (χ4n) is 5.04. The summed E-state index contributed by atoms with van der Waals surface area (Å²) in [6.45, 7) is 7.83. The van der Waals surface area contributed by atoms with E-state index in [0.29, 0.717) is 17.7 Å². The molecule has 1 aliphatic heterocycles. The lowest BCUT2D eigenvalue weighted by atomic mass is 9.95. The number of ketones is 1. The van der Waals surface area contributed by atoms with Gasteiger partial charge in [-0.1, -0.05) is 6.42 Å². The molecule has 5 rings (SSSR count). The minimum atomic E-state index is -0.0684. The third-order valence-electron chi connectivity index (χ3n) is 6.86. The van der Waals surface area contributed by atoms with Crippen LogP contribution in [0.2, 0.25) is 0 Å². The molecular formula is C30H31NO4S. The van der Waals surface area contributed by atoms with Crippen LogP contribution >= 0.6 is 11.3 Å². The normalized spacial score (nSPS) is 14.3. The third-order valence-corrected chi connectivity index (χ3v) is 8.06. The lowest BCUT2D eigenvalue weighted by Gasteiger charge is -2.26. The maximum atomic E-state index is 14.0. The molecule has 0 aliphatic carbocycles. The molecular weight excluding hydrogens is 470 g/mol. The number of carbonyl (C=O) groups is 1. The second-order valence-electron chi connectivity index (χ2n) is 9.55. The Morgan fingerprint density at radius 3 is 2.28 bits per heavy atom. The van der Waals surface area contributed by atoms with Gasteiger partial charge in [0.05, 0.1) is 0 Å². The molecule has 36 heavy (non-hydrogen) atoms. The van der Waals surface area contributed by atoms with Gasteiger partial charge >= 0.3 is 0 Å². The third kappa shape index (κ3) is 4.97. The molecule has 1 fully saturated rings. The number of aromatic hydroxyl groups is 2. The fraction of sp³-hybridized carbons (Fsp3) is 0.300. The van der Waals surface area contributed by atoms with Crippen LogP contribution in [-0.4, -0.2) is 47.1 Å². The zero-order valence-electron chi connectivity index (χ0n) is 20.7. The zero-order valence-corrected chi connectivity index (χ0v) is 21.5. The Labute approximate surface area is 215 Å². The van der Waals surface area contributed by atoms with Crippen molar-refractivity contribution in [3.05, 3.63) is 76.9 Å². The van der Waals surface area contributed by atoms with Crippen molar-refractivity contribution < 1.29 is 19.7 Å². The molecule has 1 aromatic heterocycles. The molecule has 1 aliphatic rings. The first-order chi connectivity index (χ1) is 17.4. The van der Waals surface area contributed by atoms with Gasteiger partial charge in [0.25, 0.3) is 0 Å². The Kier molecular flexibility index (Phi) is 6.99. The predicted molar refractivity (Wildman–Crippen MR) is 146 cm³/mol. The monoisotopic (exact) mass is 501 g/mol. The van der Waals surface area contributed by atoms with Crippen molar-refractivity contribution in [2.75, 3.05) is 26.2 Å². The largest absolute Gasteiger partial charge is 0.508 e. The molecule has 3 aromatic carbocycles. The van der Waals surface area contributed by atoms with Crippen LogP contribution in [0.4, 0.5) is 0 Å². The van der Waals surface area contributed by atoms with Crippen molar-refractivity contribution in [2.24, 2.45) is 0 Å². The van der Waals surface area contributed by atoms with Crippen molar-refractivity contribution in [1.29, 1.82) is 0 Å². The van der Waals surface area contributed by atoms with Crippen LogP contribution in [0.3, 0.4) is 0 Å². The Balaban J connectivity index is 1.46. The molecule has 2 heterocycles. The summed E-state index contributed by atoms with van der Waals surface area (Å²) in [6, 6.07) is 15.8. The average Bonchev–Trinajstić information content (AvgIpc) is 3.24. The van der Waals surface area contributed by atoms with Gasteiger partial charge in [-0.3, -0.25) is 9.69 Å². The smallest absolute Gasteiger partial charge is 0.195 e. The van der Waals surface area contributed by atoms with Gasteiger partial charge in [0.1, 0.15) is 23.9 Å². The predicted octanol–water partition coefficient (Wildman–Crippen LogP) is 6.69. The van der Waals surface area contributed by atoms with E-state index in [-0.39, 0.29) is 17.3 Å². The summed E-state index contributed by atoms with van der Waals surface area (Å²) in [5.74, 6) is 1.12. The fourth-order valence-corrected chi connectivity index (χ4v) is 6.28. The van der Waals surface area contributed by atoms with Crippen LogP contribution in [0.1, 0.15) is 46.3 Å². The Morgan fingerprint density at radius 2 is 1.58 bits per heavy atom. The van der Waals surface area contributed by atoms with Crippen LogP contribution < -0.4 is 4.74 Å². The van der Waals surface area contributed by atoms with Gasteiger partial charge in [-0.15, -0.1) is 11.3 Å². The van der Waals surface area contributed by atoms with Crippen molar-refractivity contribution in [3.63, 3.8) is 0 Å². The molecule has 0 atom stereocenters. The van der Waals surface area contributed by atoms with Gasteiger partial charge in [-0.25, -0.2) is 0 Å². The number of hydrogen-bond acceptors (Lipinski definition) is 6. The lowest BCUT2D eigenvalue weighted by molar-refractivity contribution is 0.104. The summed E-state index contributed by atoms with van der Waals surface area (Å²) >= 11 is 1.46. The zero-order chi connectivity index (χ0) is 25.2. The molecule has 0 amide bonds. The number of phenols is 2. The van der Waals surface area contributed by atoms with E-state index < -0.39 is 0 Å². The number of piperidine rings is 1. The number of rotatable bonds is 7. The molecule has 5 nitrogen and oxygen atoms in total. The molecule has 2 N–H and O–H groups in total. The van der Waals surface area contributed by atoms with Gasteiger partial charge in [-0.05, 0) is 111 Å². The lowest BCUT2D eigenvalue weighted by Crippen LogP contribution is -2.33. The quantitative estimate of drug-likeness (QED) is 0.276. The summed E-state index contributed by atoms with van der Waals surface area (Å²) in [6.07, 6.45) is 3.84. The molecule has 1 saturated heterocycles. The molecule has 186 valence electrons. The number of benzene rings is 3. The summed E-state index contributed by atoms with van der Waals surface area (Å²) in [7, 11) is 0. The number of aryl methyl sites for hydroxylation is 2. The number of ether oxygens (including phenoxy) is 1. The Morgan fingerprint density at radius 1 is 0.917 bits per heavy atom. The number of carbonyl (C=O) groups excluding carboxylic acids is 1. The maximum absolute atomic E-state index is 14.0.